The highest BCUT2D eigenvalue weighted by Crippen LogP contribution is 2.24. The third kappa shape index (κ3) is 4.61. The summed E-state index contributed by atoms with van der Waals surface area (Å²) in [6, 6.07) is 15.8. The average molecular weight is 432 g/mol. The van der Waals surface area contributed by atoms with Gasteiger partial charge in [0.25, 0.3) is 5.91 Å². The number of pyridine rings is 1. The quantitative estimate of drug-likeness (QED) is 0.403. The maximum absolute atomic E-state index is 13.3. The molecule has 4 aromatic rings. The Morgan fingerprint density at radius 1 is 1.12 bits per heavy atom. The lowest BCUT2D eigenvalue weighted by atomic mass is 10.0. The number of para-hydroxylation sites is 1. The van der Waals surface area contributed by atoms with Crippen molar-refractivity contribution in [2.75, 3.05) is 13.2 Å². The van der Waals surface area contributed by atoms with Crippen molar-refractivity contribution in [3.8, 4) is 11.4 Å². The van der Waals surface area contributed by atoms with Crippen molar-refractivity contribution in [2.24, 2.45) is 0 Å². The van der Waals surface area contributed by atoms with Gasteiger partial charge in [-0.15, -0.1) is 0 Å². The first kappa shape index (κ1) is 21.5. The molecule has 0 aliphatic carbocycles. The van der Waals surface area contributed by atoms with Crippen molar-refractivity contribution < 1.29 is 13.9 Å². The van der Waals surface area contributed by atoms with Crippen molar-refractivity contribution in [1.82, 2.24) is 20.1 Å². The van der Waals surface area contributed by atoms with Crippen LogP contribution in [0.5, 0.6) is 5.75 Å². The molecular formula is C25H25FN4O2. The fourth-order valence-electron chi connectivity index (χ4n) is 3.62. The topological polar surface area (TPSA) is 69.0 Å². The van der Waals surface area contributed by atoms with Gasteiger partial charge in [-0.05, 0) is 48.7 Å². The number of nitrogens with zero attached hydrogens (tertiary/aromatic N) is 3. The Morgan fingerprint density at radius 3 is 2.69 bits per heavy atom. The van der Waals surface area contributed by atoms with E-state index in [-0.39, 0.29) is 17.6 Å². The number of rotatable bonds is 8. The number of ether oxygens (including phenoxy) is 1. The summed E-state index contributed by atoms with van der Waals surface area (Å²) in [6.45, 7) is 4.93. The summed E-state index contributed by atoms with van der Waals surface area (Å²) in [6.07, 6.45) is 3.96. The van der Waals surface area contributed by atoms with Crippen LogP contribution in [0, 0.1) is 5.82 Å². The Labute approximate surface area is 186 Å². The number of carbonyl (C=O) groups is 1. The minimum Gasteiger partial charge on any atom is -0.491 e. The molecule has 0 unspecified atom stereocenters. The van der Waals surface area contributed by atoms with Gasteiger partial charge in [-0.3, -0.25) is 9.78 Å². The van der Waals surface area contributed by atoms with E-state index in [2.05, 4.69) is 15.4 Å². The number of aromatic nitrogens is 3. The predicted molar refractivity (Wildman–Crippen MR) is 122 cm³/mol. The smallest absolute Gasteiger partial charge is 0.254 e. The van der Waals surface area contributed by atoms with Crippen molar-refractivity contribution in [2.45, 2.75) is 26.2 Å². The van der Waals surface area contributed by atoms with Gasteiger partial charge in [0.05, 0.1) is 29.7 Å². The second-order valence-electron chi connectivity index (χ2n) is 7.78. The number of halogens is 1. The molecule has 0 saturated heterocycles. The summed E-state index contributed by atoms with van der Waals surface area (Å²) in [5.41, 5.74) is 2.84. The van der Waals surface area contributed by atoms with E-state index in [0.29, 0.717) is 30.8 Å². The van der Waals surface area contributed by atoms with Gasteiger partial charge < -0.3 is 10.1 Å². The second-order valence-corrected chi connectivity index (χ2v) is 7.78. The van der Waals surface area contributed by atoms with Crippen LogP contribution in [0.1, 0.15) is 42.2 Å². The van der Waals surface area contributed by atoms with Crippen LogP contribution in [0.4, 0.5) is 4.39 Å². The second kappa shape index (κ2) is 9.60. The van der Waals surface area contributed by atoms with Crippen LogP contribution in [-0.2, 0) is 0 Å². The largest absolute Gasteiger partial charge is 0.491 e. The monoisotopic (exact) mass is 432 g/mol. The molecule has 0 aliphatic heterocycles. The standard InChI is InChI=1S/C25H25FN4O2/c1-17(2)24-21(16-29-30(24)20-11-9-19(26)10-12-20)25(31)28-14-5-15-32-22-8-3-6-18-7-4-13-27-23(18)22/h3-4,6-13,16-17H,5,14-15H2,1-2H3,(H,28,31). The lowest BCUT2D eigenvalue weighted by Gasteiger charge is -2.13. The van der Waals surface area contributed by atoms with E-state index >= 15 is 0 Å². The minimum atomic E-state index is -0.313. The predicted octanol–water partition coefficient (Wildman–Crippen LogP) is 4.88. The first-order valence-electron chi connectivity index (χ1n) is 10.6. The molecule has 0 saturated carbocycles. The molecule has 0 spiro atoms. The SMILES string of the molecule is CC(C)c1c(C(=O)NCCCOc2cccc3cccnc23)cnn1-c1ccc(F)cc1. The highest BCUT2D eigenvalue weighted by Gasteiger charge is 2.20. The van der Waals surface area contributed by atoms with Crippen molar-refractivity contribution >= 4 is 16.8 Å². The lowest BCUT2D eigenvalue weighted by molar-refractivity contribution is 0.0950. The third-order valence-corrected chi connectivity index (χ3v) is 5.13. The maximum atomic E-state index is 13.3. The van der Waals surface area contributed by atoms with Crippen LogP contribution in [-0.4, -0.2) is 33.8 Å². The molecule has 32 heavy (non-hydrogen) atoms. The number of fused-ring (bicyclic) bond motifs is 1. The molecule has 4 rings (SSSR count). The maximum Gasteiger partial charge on any atom is 0.254 e. The molecule has 1 N–H and O–H groups in total. The van der Waals surface area contributed by atoms with E-state index in [4.69, 9.17) is 4.74 Å². The van der Waals surface area contributed by atoms with E-state index in [1.807, 2.05) is 44.2 Å². The number of amides is 1. The molecule has 0 aliphatic rings. The molecule has 6 nitrogen and oxygen atoms in total. The Kier molecular flexibility index (Phi) is 6.44. The Balaban J connectivity index is 1.36. The number of carbonyl (C=O) groups excluding carboxylic acids is 1. The number of nitrogens with one attached hydrogen (secondary N) is 1. The number of benzene rings is 2. The van der Waals surface area contributed by atoms with Gasteiger partial charge >= 0.3 is 0 Å². The highest BCUT2D eigenvalue weighted by atomic mass is 19.1. The average Bonchev–Trinajstić information content (AvgIpc) is 3.25. The normalized spacial score (nSPS) is 11.1. The molecule has 1 amide bonds. The summed E-state index contributed by atoms with van der Waals surface area (Å²) < 4.78 is 20.8. The van der Waals surface area contributed by atoms with Gasteiger partial charge in [0, 0.05) is 18.1 Å². The number of hydrogen-bond acceptors (Lipinski definition) is 4. The van der Waals surface area contributed by atoms with Crippen molar-refractivity contribution in [3.05, 3.63) is 84.1 Å². The van der Waals surface area contributed by atoms with Gasteiger partial charge in [-0.2, -0.15) is 5.10 Å². The fourth-order valence-corrected chi connectivity index (χ4v) is 3.62. The first-order valence-corrected chi connectivity index (χ1v) is 10.6. The molecule has 0 fully saturated rings. The summed E-state index contributed by atoms with van der Waals surface area (Å²) >= 11 is 0. The first-order chi connectivity index (χ1) is 15.5. The minimum absolute atomic E-state index is 0.0606. The van der Waals surface area contributed by atoms with E-state index in [0.717, 1.165) is 22.3 Å². The van der Waals surface area contributed by atoms with Crippen LogP contribution in [0.25, 0.3) is 16.6 Å². The zero-order valence-electron chi connectivity index (χ0n) is 18.1. The summed E-state index contributed by atoms with van der Waals surface area (Å²) in [5.74, 6) is 0.294. The van der Waals surface area contributed by atoms with Gasteiger partial charge in [0.15, 0.2) is 0 Å². The molecule has 164 valence electrons. The van der Waals surface area contributed by atoms with Gasteiger partial charge in [-0.1, -0.05) is 32.0 Å². The zero-order chi connectivity index (χ0) is 22.5. The molecule has 2 heterocycles. The van der Waals surface area contributed by atoms with E-state index < -0.39 is 0 Å². The Bertz CT molecular complexity index is 1210. The molecule has 2 aromatic heterocycles. The van der Waals surface area contributed by atoms with Crippen LogP contribution in [0.2, 0.25) is 0 Å². The third-order valence-electron chi connectivity index (χ3n) is 5.13. The van der Waals surface area contributed by atoms with Crippen molar-refractivity contribution in [1.29, 1.82) is 0 Å². The lowest BCUT2D eigenvalue weighted by Crippen LogP contribution is -2.26. The van der Waals surface area contributed by atoms with Crippen LogP contribution >= 0.6 is 0 Å². The summed E-state index contributed by atoms with van der Waals surface area (Å²) in [4.78, 5) is 17.2. The molecule has 0 radical (unpaired) electrons. The molecule has 0 atom stereocenters. The molecule has 2 aromatic carbocycles. The molecule has 7 heteroatoms. The number of hydrogen-bond donors (Lipinski definition) is 1. The molecule has 0 bridgehead atoms. The van der Waals surface area contributed by atoms with Crippen LogP contribution < -0.4 is 10.1 Å². The van der Waals surface area contributed by atoms with Gasteiger partial charge in [0.1, 0.15) is 17.1 Å². The molecular weight excluding hydrogens is 407 g/mol. The van der Waals surface area contributed by atoms with Gasteiger partial charge in [-0.25, -0.2) is 9.07 Å². The summed E-state index contributed by atoms with van der Waals surface area (Å²) in [7, 11) is 0. The van der Waals surface area contributed by atoms with Crippen LogP contribution in [0.3, 0.4) is 0 Å². The Hall–Kier alpha value is -3.74. The van der Waals surface area contributed by atoms with Gasteiger partial charge in [0.2, 0.25) is 0 Å². The Morgan fingerprint density at radius 2 is 1.91 bits per heavy atom. The fraction of sp³-hybridized carbons (Fsp3) is 0.240. The van der Waals surface area contributed by atoms with E-state index in [1.54, 1.807) is 29.2 Å². The highest BCUT2D eigenvalue weighted by molar-refractivity contribution is 5.95. The van der Waals surface area contributed by atoms with E-state index in [1.165, 1.54) is 12.1 Å². The zero-order valence-corrected chi connectivity index (χ0v) is 18.1. The summed E-state index contributed by atoms with van der Waals surface area (Å²) in [5, 5.41) is 8.34. The van der Waals surface area contributed by atoms with E-state index in [9.17, 15) is 9.18 Å². The van der Waals surface area contributed by atoms with Crippen LogP contribution in [0.15, 0.2) is 67.0 Å². The van der Waals surface area contributed by atoms with Crippen molar-refractivity contribution in [3.63, 3.8) is 0 Å².